The molecule has 0 aromatic heterocycles. The van der Waals surface area contributed by atoms with E-state index in [2.05, 4.69) is 5.32 Å². The van der Waals surface area contributed by atoms with E-state index in [0.717, 1.165) is 0 Å². The normalized spacial score (nSPS) is 18.6. The molecule has 1 atom stereocenters. The second-order valence-electron chi connectivity index (χ2n) is 5.34. The van der Waals surface area contributed by atoms with E-state index in [1.54, 1.807) is 24.3 Å². The molecule has 1 fully saturated rings. The average Bonchev–Trinajstić information content (AvgIpc) is 2.46. The summed E-state index contributed by atoms with van der Waals surface area (Å²) in [7, 11) is 0. The highest BCUT2D eigenvalue weighted by atomic mass is 16.5. The molecule has 21 heavy (non-hydrogen) atoms. The van der Waals surface area contributed by atoms with E-state index in [9.17, 15) is 9.59 Å². The van der Waals surface area contributed by atoms with Crippen molar-refractivity contribution in [2.24, 2.45) is 0 Å². The summed E-state index contributed by atoms with van der Waals surface area (Å²) in [5.74, 6) is -0.437. The van der Waals surface area contributed by atoms with E-state index in [1.807, 2.05) is 13.8 Å². The molecule has 1 aromatic rings. The number of nitrogen functional groups attached to an aromatic ring is 1. The first-order valence-corrected chi connectivity index (χ1v) is 7.04. The van der Waals surface area contributed by atoms with Gasteiger partial charge in [0.05, 0.1) is 18.8 Å². The van der Waals surface area contributed by atoms with Gasteiger partial charge in [-0.1, -0.05) is 12.1 Å². The lowest BCUT2D eigenvalue weighted by Crippen LogP contribution is -2.56. The Morgan fingerprint density at radius 3 is 2.76 bits per heavy atom. The number of rotatable bonds is 3. The first-order chi connectivity index (χ1) is 10.0. The van der Waals surface area contributed by atoms with Crippen LogP contribution in [0.25, 0.3) is 0 Å². The minimum absolute atomic E-state index is 0.0122. The third-order valence-corrected chi connectivity index (χ3v) is 3.31. The third kappa shape index (κ3) is 3.52. The second kappa shape index (κ2) is 6.58. The lowest BCUT2D eigenvalue weighted by atomic mass is 10.1. The molecule has 0 spiro atoms. The minimum atomic E-state index is -0.617. The molecule has 0 saturated carbocycles. The van der Waals surface area contributed by atoms with Gasteiger partial charge < -0.3 is 20.7 Å². The zero-order chi connectivity index (χ0) is 15.4. The number of amides is 2. The lowest BCUT2D eigenvalue weighted by molar-refractivity contribution is -0.131. The van der Waals surface area contributed by atoms with Crippen LogP contribution in [0.5, 0.6) is 0 Å². The van der Waals surface area contributed by atoms with Crippen molar-refractivity contribution < 1.29 is 14.3 Å². The summed E-state index contributed by atoms with van der Waals surface area (Å²) in [5, 5.41) is 2.82. The topological polar surface area (TPSA) is 84.7 Å². The standard InChI is InChI=1S/C15H21N3O3/c1-10(2)17-14(19)13-9-21-8-7-18(13)15(20)11-5-3-4-6-12(11)16/h3-6,10,13H,7-9,16H2,1-2H3,(H,17,19). The molecule has 2 amide bonds. The molecule has 2 rings (SSSR count). The molecule has 1 aliphatic rings. The van der Waals surface area contributed by atoms with E-state index in [1.165, 1.54) is 4.90 Å². The number of para-hydroxylation sites is 1. The summed E-state index contributed by atoms with van der Waals surface area (Å²) in [5.41, 5.74) is 6.68. The largest absolute Gasteiger partial charge is 0.398 e. The van der Waals surface area contributed by atoms with Gasteiger partial charge in [-0.15, -0.1) is 0 Å². The maximum absolute atomic E-state index is 12.6. The first-order valence-electron chi connectivity index (χ1n) is 7.04. The Hall–Kier alpha value is -2.08. The summed E-state index contributed by atoms with van der Waals surface area (Å²) >= 11 is 0. The molecule has 114 valence electrons. The number of anilines is 1. The summed E-state index contributed by atoms with van der Waals surface area (Å²) in [4.78, 5) is 26.4. The van der Waals surface area contributed by atoms with Crippen LogP contribution in [0.1, 0.15) is 24.2 Å². The van der Waals surface area contributed by atoms with Gasteiger partial charge in [-0.2, -0.15) is 0 Å². The van der Waals surface area contributed by atoms with Gasteiger partial charge in [0.25, 0.3) is 5.91 Å². The average molecular weight is 291 g/mol. The summed E-state index contributed by atoms with van der Waals surface area (Å²) in [6.07, 6.45) is 0. The zero-order valence-electron chi connectivity index (χ0n) is 12.3. The van der Waals surface area contributed by atoms with Crippen molar-refractivity contribution in [3.63, 3.8) is 0 Å². The maximum atomic E-state index is 12.6. The Morgan fingerprint density at radius 1 is 1.38 bits per heavy atom. The van der Waals surface area contributed by atoms with Gasteiger partial charge in [0, 0.05) is 18.3 Å². The highest BCUT2D eigenvalue weighted by Gasteiger charge is 2.34. The molecule has 0 radical (unpaired) electrons. The highest BCUT2D eigenvalue weighted by Crippen LogP contribution is 2.17. The number of benzene rings is 1. The molecule has 0 aliphatic carbocycles. The maximum Gasteiger partial charge on any atom is 0.256 e. The van der Waals surface area contributed by atoms with E-state index in [0.29, 0.717) is 24.4 Å². The Bertz CT molecular complexity index is 531. The monoisotopic (exact) mass is 291 g/mol. The second-order valence-corrected chi connectivity index (χ2v) is 5.34. The van der Waals surface area contributed by atoms with Crippen LogP contribution in [0, 0.1) is 0 Å². The van der Waals surface area contributed by atoms with Crippen LogP contribution in [0.4, 0.5) is 5.69 Å². The van der Waals surface area contributed by atoms with Crippen LogP contribution in [0.15, 0.2) is 24.3 Å². The summed E-state index contributed by atoms with van der Waals surface area (Å²) < 4.78 is 5.35. The minimum Gasteiger partial charge on any atom is -0.398 e. The van der Waals surface area contributed by atoms with Gasteiger partial charge in [0.15, 0.2) is 0 Å². The SMILES string of the molecule is CC(C)NC(=O)C1COCCN1C(=O)c1ccccc1N. The number of carbonyl (C=O) groups is 2. The molecule has 1 saturated heterocycles. The number of nitrogens with one attached hydrogen (secondary N) is 1. The van der Waals surface area contributed by atoms with Crippen LogP contribution in [0.2, 0.25) is 0 Å². The Balaban J connectivity index is 2.20. The van der Waals surface area contributed by atoms with E-state index in [4.69, 9.17) is 10.5 Å². The number of ether oxygens (including phenoxy) is 1. The van der Waals surface area contributed by atoms with Gasteiger partial charge in [-0.05, 0) is 26.0 Å². The number of hydrogen-bond donors (Lipinski definition) is 2. The van der Waals surface area contributed by atoms with E-state index in [-0.39, 0.29) is 24.5 Å². The fourth-order valence-corrected chi connectivity index (χ4v) is 2.29. The molecule has 1 heterocycles. The number of nitrogens with zero attached hydrogens (tertiary/aromatic N) is 1. The zero-order valence-corrected chi connectivity index (χ0v) is 12.3. The fraction of sp³-hybridized carbons (Fsp3) is 0.467. The number of morpholine rings is 1. The smallest absolute Gasteiger partial charge is 0.256 e. The van der Waals surface area contributed by atoms with Crippen LogP contribution >= 0.6 is 0 Å². The molecular weight excluding hydrogens is 270 g/mol. The Morgan fingerprint density at radius 2 is 2.10 bits per heavy atom. The van der Waals surface area contributed by atoms with E-state index < -0.39 is 6.04 Å². The van der Waals surface area contributed by atoms with Crippen LogP contribution in [0.3, 0.4) is 0 Å². The molecule has 1 unspecified atom stereocenters. The summed E-state index contributed by atoms with van der Waals surface area (Å²) in [6, 6.07) is 6.27. The van der Waals surface area contributed by atoms with Crippen molar-refractivity contribution in [3.05, 3.63) is 29.8 Å². The summed E-state index contributed by atoms with van der Waals surface area (Å²) in [6.45, 7) is 4.76. The fourth-order valence-electron chi connectivity index (χ4n) is 2.29. The van der Waals surface area contributed by atoms with Crippen molar-refractivity contribution in [1.82, 2.24) is 10.2 Å². The van der Waals surface area contributed by atoms with Crippen molar-refractivity contribution >= 4 is 17.5 Å². The highest BCUT2D eigenvalue weighted by molar-refractivity contribution is 6.01. The van der Waals surface area contributed by atoms with Gasteiger partial charge in [0.1, 0.15) is 6.04 Å². The van der Waals surface area contributed by atoms with E-state index >= 15 is 0 Å². The van der Waals surface area contributed by atoms with Crippen LogP contribution < -0.4 is 11.1 Å². The molecule has 1 aromatic carbocycles. The van der Waals surface area contributed by atoms with Crippen molar-refractivity contribution in [2.45, 2.75) is 25.9 Å². The molecule has 0 bridgehead atoms. The van der Waals surface area contributed by atoms with Gasteiger partial charge in [-0.3, -0.25) is 9.59 Å². The lowest BCUT2D eigenvalue weighted by Gasteiger charge is -2.35. The molecule has 6 nitrogen and oxygen atoms in total. The van der Waals surface area contributed by atoms with Crippen LogP contribution in [-0.4, -0.2) is 48.6 Å². The quantitative estimate of drug-likeness (QED) is 0.800. The van der Waals surface area contributed by atoms with Crippen molar-refractivity contribution in [3.8, 4) is 0 Å². The molecular formula is C15H21N3O3. The van der Waals surface area contributed by atoms with Gasteiger partial charge in [-0.25, -0.2) is 0 Å². The predicted molar refractivity (Wildman–Crippen MR) is 79.8 cm³/mol. The Kier molecular flexibility index (Phi) is 4.80. The first kappa shape index (κ1) is 15.3. The van der Waals surface area contributed by atoms with Crippen LogP contribution in [-0.2, 0) is 9.53 Å². The third-order valence-electron chi connectivity index (χ3n) is 3.31. The molecule has 6 heteroatoms. The van der Waals surface area contributed by atoms with Crippen molar-refractivity contribution in [1.29, 1.82) is 0 Å². The predicted octanol–water partition coefficient (Wildman–Crippen LogP) is 0.634. The Labute approximate surface area is 124 Å². The van der Waals surface area contributed by atoms with Gasteiger partial charge in [0.2, 0.25) is 5.91 Å². The molecule has 1 aliphatic heterocycles. The van der Waals surface area contributed by atoms with Gasteiger partial charge >= 0.3 is 0 Å². The number of carbonyl (C=O) groups excluding carboxylic acids is 2. The van der Waals surface area contributed by atoms with Crippen molar-refractivity contribution in [2.75, 3.05) is 25.5 Å². The number of nitrogens with two attached hydrogens (primary N) is 1. The molecule has 3 N–H and O–H groups in total. The number of hydrogen-bond acceptors (Lipinski definition) is 4.